The second-order valence-corrected chi connectivity index (χ2v) is 5.25. The van der Waals surface area contributed by atoms with Crippen molar-refractivity contribution in [2.45, 2.75) is 13.0 Å². The zero-order valence-electron chi connectivity index (χ0n) is 11.0. The van der Waals surface area contributed by atoms with Crippen molar-refractivity contribution in [3.8, 4) is 5.69 Å². The summed E-state index contributed by atoms with van der Waals surface area (Å²) < 4.78 is 2.01. The Morgan fingerprint density at radius 3 is 2.70 bits per heavy atom. The Morgan fingerprint density at radius 2 is 2.00 bits per heavy atom. The van der Waals surface area contributed by atoms with E-state index in [1.807, 2.05) is 47.9 Å². The van der Waals surface area contributed by atoms with Crippen molar-refractivity contribution in [3.63, 3.8) is 0 Å². The molecule has 0 saturated carbocycles. The van der Waals surface area contributed by atoms with Crippen molar-refractivity contribution in [1.29, 1.82) is 0 Å². The highest BCUT2D eigenvalue weighted by Crippen LogP contribution is 2.22. The van der Waals surface area contributed by atoms with E-state index in [1.165, 1.54) is 0 Å². The van der Waals surface area contributed by atoms with Gasteiger partial charge < -0.3 is 5.11 Å². The molecule has 1 aromatic carbocycles. The van der Waals surface area contributed by atoms with Crippen LogP contribution >= 0.6 is 15.9 Å². The van der Waals surface area contributed by atoms with Crippen LogP contribution in [0.1, 0.15) is 17.5 Å². The van der Waals surface area contributed by atoms with E-state index >= 15 is 0 Å². The van der Waals surface area contributed by atoms with Gasteiger partial charge in [-0.3, -0.25) is 4.57 Å². The molecular formula is C15H14BrN3O. The van der Waals surface area contributed by atoms with Gasteiger partial charge in [-0.05, 0) is 36.8 Å². The van der Waals surface area contributed by atoms with Crippen molar-refractivity contribution in [1.82, 2.24) is 14.5 Å². The number of aromatic nitrogens is 3. The molecule has 0 aliphatic rings. The lowest BCUT2D eigenvalue weighted by Gasteiger charge is -2.10. The van der Waals surface area contributed by atoms with Crippen molar-refractivity contribution >= 4 is 27.1 Å². The predicted molar refractivity (Wildman–Crippen MR) is 82.4 cm³/mol. The number of alkyl halides is 1. The highest BCUT2D eigenvalue weighted by molar-refractivity contribution is 9.09. The number of aliphatic hydroxyl groups is 1. The normalized spacial score (nSPS) is 12.8. The third kappa shape index (κ3) is 2.23. The van der Waals surface area contributed by atoms with Gasteiger partial charge in [0.05, 0.1) is 6.10 Å². The van der Waals surface area contributed by atoms with Crippen molar-refractivity contribution in [2.75, 3.05) is 5.33 Å². The molecule has 1 atom stereocenters. The number of imidazole rings is 1. The minimum atomic E-state index is -0.484. The molecule has 5 heteroatoms. The van der Waals surface area contributed by atoms with Crippen molar-refractivity contribution in [2.24, 2.45) is 0 Å². The largest absolute Gasteiger partial charge is 0.388 e. The fraction of sp³-hybridized carbons (Fsp3) is 0.200. The molecule has 0 saturated heterocycles. The average molecular weight is 332 g/mol. The van der Waals surface area contributed by atoms with Gasteiger partial charge in [-0.25, -0.2) is 9.97 Å². The Kier molecular flexibility index (Phi) is 3.54. The maximum absolute atomic E-state index is 9.80. The van der Waals surface area contributed by atoms with Gasteiger partial charge >= 0.3 is 0 Å². The number of nitrogens with zero attached hydrogens (tertiary/aromatic N) is 3. The maximum Gasteiger partial charge on any atom is 0.164 e. The molecule has 0 radical (unpaired) electrons. The monoisotopic (exact) mass is 331 g/mol. The number of aryl methyl sites for hydroxylation is 1. The SMILES string of the molecule is Cc1nc2cccnc2n1-c1ccc(C(O)CBr)cc1. The van der Waals surface area contributed by atoms with Gasteiger partial charge in [0.2, 0.25) is 0 Å². The number of hydrogen-bond donors (Lipinski definition) is 1. The molecule has 20 heavy (non-hydrogen) atoms. The Balaban J connectivity index is 2.09. The van der Waals surface area contributed by atoms with Gasteiger partial charge in [0.25, 0.3) is 0 Å². The van der Waals surface area contributed by atoms with Crippen LogP contribution in [0.5, 0.6) is 0 Å². The number of rotatable bonds is 3. The lowest BCUT2D eigenvalue weighted by atomic mass is 10.1. The molecule has 2 aromatic heterocycles. The standard InChI is InChI=1S/C15H14BrN3O/c1-10-18-13-3-2-8-17-15(13)19(10)12-6-4-11(5-7-12)14(20)9-16/h2-8,14,20H,9H2,1H3. The second-order valence-electron chi connectivity index (χ2n) is 4.60. The van der Waals surface area contributed by atoms with Crippen LogP contribution in [-0.4, -0.2) is 25.0 Å². The first-order valence-electron chi connectivity index (χ1n) is 6.35. The van der Waals surface area contributed by atoms with E-state index in [-0.39, 0.29) is 0 Å². The van der Waals surface area contributed by atoms with Crippen LogP contribution in [0.25, 0.3) is 16.9 Å². The van der Waals surface area contributed by atoms with Crippen LogP contribution in [-0.2, 0) is 0 Å². The highest BCUT2D eigenvalue weighted by atomic mass is 79.9. The number of halogens is 1. The van der Waals surface area contributed by atoms with Gasteiger partial charge in [-0.2, -0.15) is 0 Å². The van der Waals surface area contributed by atoms with Crippen LogP contribution in [0.15, 0.2) is 42.6 Å². The fourth-order valence-corrected chi connectivity index (χ4v) is 2.64. The Labute approximate surface area is 125 Å². The summed E-state index contributed by atoms with van der Waals surface area (Å²) >= 11 is 3.28. The quantitative estimate of drug-likeness (QED) is 0.750. The molecule has 0 bridgehead atoms. The number of hydrogen-bond acceptors (Lipinski definition) is 3. The van der Waals surface area contributed by atoms with Crippen molar-refractivity contribution < 1.29 is 5.11 Å². The molecule has 0 spiro atoms. The third-order valence-electron chi connectivity index (χ3n) is 3.27. The smallest absolute Gasteiger partial charge is 0.164 e. The third-order valence-corrected chi connectivity index (χ3v) is 3.88. The first-order chi connectivity index (χ1) is 9.70. The molecule has 102 valence electrons. The van der Waals surface area contributed by atoms with E-state index in [0.717, 1.165) is 28.2 Å². The topological polar surface area (TPSA) is 50.9 Å². The van der Waals surface area contributed by atoms with Crippen LogP contribution in [0.3, 0.4) is 0 Å². The van der Waals surface area contributed by atoms with E-state index < -0.39 is 6.10 Å². The summed E-state index contributed by atoms with van der Waals surface area (Å²) in [5, 5.41) is 10.3. The predicted octanol–water partition coefficient (Wildman–Crippen LogP) is 3.16. The fourth-order valence-electron chi connectivity index (χ4n) is 2.27. The highest BCUT2D eigenvalue weighted by Gasteiger charge is 2.11. The van der Waals surface area contributed by atoms with Gasteiger partial charge in [0.15, 0.2) is 5.65 Å². The van der Waals surface area contributed by atoms with E-state index in [4.69, 9.17) is 0 Å². The average Bonchev–Trinajstić information content (AvgIpc) is 2.82. The van der Waals surface area contributed by atoms with Gasteiger partial charge in [0.1, 0.15) is 11.3 Å². The molecule has 1 unspecified atom stereocenters. The second kappa shape index (κ2) is 5.34. The summed E-state index contributed by atoms with van der Waals surface area (Å²) in [5.41, 5.74) is 3.61. The van der Waals surface area contributed by atoms with Gasteiger partial charge in [-0.1, -0.05) is 28.1 Å². The minimum Gasteiger partial charge on any atom is -0.388 e. The van der Waals surface area contributed by atoms with Crippen LogP contribution in [0.2, 0.25) is 0 Å². The molecule has 3 rings (SSSR count). The summed E-state index contributed by atoms with van der Waals surface area (Å²) in [5.74, 6) is 0.896. The van der Waals surface area contributed by atoms with E-state index in [1.54, 1.807) is 6.20 Å². The first-order valence-corrected chi connectivity index (χ1v) is 7.47. The number of aliphatic hydroxyl groups excluding tert-OH is 1. The summed E-state index contributed by atoms with van der Waals surface area (Å²) in [6, 6.07) is 11.6. The summed E-state index contributed by atoms with van der Waals surface area (Å²) in [7, 11) is 0. The molecule has 0 fully saturated rings. The zero-order valence-corrected chi connectivity index (χ0v) is 12.6. The first kappa shape index (κ1) is 13.3. The summed E-state index contributed by atoms with van der Waals surface area (Å²) in [4.78, 5) is 8.90. The number of benzene rings is 1. The lowest BCUT2D eigenvalue weighted by Crippen LogP contribution is -2.01. The van der Waals surface area contributed by atoms with Crippen molar-refractivity contribution in [3.05, 3.63) is 54.0 Å². The van der Waals surface area contributed by atoms with Crippen LogP contribution < -0.4 is 0 Å². The molecule has 0 aliphatic carbocycles. The molecule has 0 amide bonds. The van der Waals surface area contributed by atoms with Crippen LogP contribution in [0, 0.1) is 6.92 Å². The Hall–Kier alpha value is -1.72. The van der Waals surface area contributed by atoms with Crippen LogP contribution in [0.4, 0.5) is 0 Å². The Bertz CT molecular complexity index is 736. The molecule has 0 aliphatic heterocycles. The lowest BCUT2D eigenvalue weighted by molar-refractivity contribution is 0.205. The zero-order chi connectivity index (χ0) is 14.1. The maximum atomic E-state index is 9.80. The minimum absolute atomic E-state index is 0.484. The molecular weight excluding hydrogens is 318 g/mol. The van der Waals surface area contributed by atoms with Gasteiger partial charge in [0, 0.05) is 17.2 Å². The molecule has 4 nitrogen and oxygen atoms in total. The van der Waals surface area contributed by atoms with E-state index in [2.05, 4.69) is 25.9 Å². The number of fused-ring (bicyclic) bond motifs is 1. The van der Waals surface area contributed by atoms with Gasteiger partial charge in [-0.15, -0.1) is 0 Å². The van der Waals surface area contributed by atoms with E-state index in [0.29, 0.717) is 5.33 Å². The summed E-state index contributed by atoms with van der Waals surface area (Å²) in [6.45, 7) is 1.96. The molecule has 1 N–H and O–H groups in total. The molecule has 2 heterocycles. The molecule has 3 aromatic rings. The number of pyridine rings is 1. The Morgan fingerprint density at radius 1 is 1.25 bits per heavy atom. The summed E-state index contributed by atoms with van der Waals surface area (Å²) in [6.07, 6.45) is 1.28. The van der Waals surface area contributed by atoms with E-state index in [9.17, 15) is 5.11 Å².